The Balaban J connectivity index is 2.90. The lowest BCUT2D eigenvalue weighted by Crippen LogP contribution is -1.86. The van der Waals surface area contributed by atoms with E-state index in [0.717, 1.165) is 27.9 Å². The van der Waals surface area contributed by atoms with Gasteiger partial charge in [-0.05, 0) is 24.1 Å². The minimum absolute atomic E-state index is 0.725. The Morgan fingerprint density at radius 2 is 2.25 bits per heavy atom. The van der Waals surface area contributed by atoms with Crippen molar-refractivity contribution in [2.45, 2.75) is 12.8 Å². The molecule has 0 heterocycles. The summed E-state index contributed by atoms with van der Waals surface area (Å²) < 4.78 is 1.03. The van der Waals surface area contributed by atoms with Crippen LogP contribution in [0, 0.1) is 12.3 Å². The van der Waals surface area contributed by atoms with Crippen molar-refractivity contribution in [3.05, 3.63) is 33.3 Å². The van der Waals surface area contributed by atoms with Crippen LogP contribution in [0.5, 0.6) is 0 Å². The van der Waals surface area contributed by atoms with Crippen LogP contribution in [0.25, 0.3) is 0 Å². The van der Waals surface area contributed by atoms with Crippen LogP contribution in [0.4, 0.5) is 0 Å². The molecule has 0 amide bonds. The maximum absolute atomic E-state index is 5.97. The topological polar surface area (TPSA) is 0 Å². The SMILES string of the molecule is C#CCCc1c(Cl)cccc1Br. The summed E-state index contributed by atoms with van der Waals surface area (Å²) in [5.74, 6) is 2.59. The van der Waals surface area contributed by atoms with Crippen molar-refractivity contribution in [2.24, 2.45) is 0 Å². The van der Waals surface area contributed by atoms with Crippen molar-refractivity contribution < 1.29 is 0 Å². The monoisotopic (exact) mass is 242 g/mol. The second-order valence-electron chi connectivity index (χ2n) is 2.40. The molecule has 0 aliphatic carbocycles. The molecule has 0 N–H and O–H groups in total. The molecule has 0 aromatic heterocycles. The third-order valence-electron chi connectivity index (χ3n) is 1.58. The van der Waals surface area contributed by atoms with Gasteiger partial charge in [-0.3, -0.25) is 0 Å². The van der Waals surface area contributed by atoms with E-state index in [0.29, 0.717) is 0 Å². The van der Waals surface area contributed by atoms with Gasteiger partial charge in [0.2, 0.25) is 0 Å². The van der Waals surface area contributed by atoms with Crippen LogP contribution in [-0.2, 0) is 6.42 Å². The number of halogens is 2. The van der Waals surface area contributed by atoms with Gasteiger partial charge in [0, 0.05) is 15.9 Å². The fourth-order valence-electron chi connectivity index (χ4n) is 0.968. The van der Waals surface area contributed by atoms with Crippen molar-refractivity contribution in [1.82, 2.24) is 0 Å². The molecule has 0 unspecified atom stereocenters. The number of terminal acetylenes is 1. The lowest BCUT2D eigenvalue weighted by atomic mass is 10.1. The van der Waals surface area contributed by atoms with Gasteiger partial charge in [0.1, 0.15) is 0 Å². The molecule has 0 fully saturated rings. The van der Waals surface area contributed by atoms with E-state index in [4.69, 9.17) is 18.0 Å². The summed E-state index contributed by atoms with van der Waals surface area (Å²) >= 11 is 9.39. The van der Waals surface area contributed by atoms with Crippen molar-refractivity contribution in [2.75, 3.05) is 0 Å². The second-order valence-corrected chi connectivity index (χ2v) is 3.67. The van der Waals surface area contributed by atoms with Gasteiger partial charge in [0.15, 0.2) is 0 Å². The largest absolute Gasteiger partial charge is 0.120 e. The van der Waals surface area contributed by atoms with E-state index in [1.165, 1.54) is 0 Å². The van der Waals surface area contributed by atoms with Gasteiger partial charge in [-0.1, -0.05) is 33.6 Å². The molecular formula is C10H8BrCl. The molecule has 1 aromatic rings. The predicted octanol–water partition coefficient (Wildman–Crippen LogP) is 3.67. The summed E-state index contributed by atoms with van der Waals surface area (Å²) in [7, 11) is 0. The Kier molecular flexibility index (Phi) is 3.65. The Morgan fingerprint density at radius 1 is 1.50 bits per heavy atom. The molecule has 2 heteroatoms. The summed E-state index contributed by atoms with van der Waals surface area (Å²) in [6.07, 6.45) is 6.72. The molecule has 0 atom stereocenters. The molecule has 62 valence electrons. The van der Waals surface area contributed by atoms with Crippen molar-refractivity contribution >= 4 is 27.5 Å². The highest BCUT2D eigenvalue weighted by molar-refractivity contribution is 9.10. The third kappa shape index (κ3) is 2.27. The van der Waals surface area contributed by atoms with Crippen molar-refractivity contribution in [1.29, 1.82) is 0 Å². The third-order valence-corrected chi connectivity index (χ3v) is 2.68. The number of hydrogen-bond acceptors (Lipinski definition) is 0. The standard InChI is InChI=1S/C10H8BrCl/c1-2-3-5-8-9(11)6-4-7-10(8)12/h1,4,6-7H,3,5H2. The normalized spacial score (nSPS) is 9.42. The van der Waals surface area contributed by atoms with Crippen LogP contribution in [0.2, 0.25) is 5.02 Å². The molecule has 0 aliphatic rings. The van der Waals surface area contributed by atoms with E-state index in [1.807, 2.05) is 18.2 Å². The summed E-state index contributed by atoms with van der Waals surface area (Å²) in [4.78, 5) is 0. The first-order valence-electron chi connectivity index (χ1n) is 3.62. The maximum Gasteiger partial charge on any atom is 0.0449 e. The molecule has 0 saturated heterocycles. The van der Waals surface area contributed by atoms with E-state index < -0.39 is 0 Å². The summed E-state index contributed by atoms with van der Waals surface area (Å²) in [6.45, 7) is 0. The zero-order valence-corrected chi connectivity index (χ0v) is 8.82. The van der Waals surface area contributed by atoms with Gasteiger partial charge in [-0.25, -0.2) is 0 Å². The molecule has 0 bridgehead atoms. The molecule has 12 heavy (non-hydrogen) atoms. The fourth-order valence-corrected chi connectivity index (χ4v) is 1.92. The van der Waals surface area contributed by atoms with Crippen LogP contribution < -0.4 is 0 Å². The maximum atomic E-state index is 5.97. The van der Waals surface area contributed by atoms with Crippen LogP contribution in [0.1, 0.15) is 12.0 Å². The summed E-state index contributed by atoms with van der Waals surface area (Å²) in [6, 6.07) is 5.75. The predicted molar refractivity (Wildman–Crippen MR) is 56.3 cm³/mol. The second kappa shape index (κ2) is 4.54. The Morgan fingerprint density at radius 3 is 2.83 bits per heavy atom. The van der Waals surface area contributed by atoms with E-state index in [-0.39, 0.29) is 0 Å². The fraction of sp³-hybridized carbons (Fsp3) is 0.200. The van der Waals surface area contributed by atoms with E-state index in [9.17, 15) is 0 Å². The first kappa shape index (κ1) is 9.64. The Labute approximate surface area is 86.1 Å². The molecule has 0 saturated carbocycles. The summed E-state index contributed by atoms with van der Waals surface area (Å²) in [5, 5.41) is 0.777. The highest BCUT2D eigenvalue weighted by Crippen LogP contribution is 2.25. The quantitative estimate of drug-likeness (QED) is 0.695. The Hall–Kier alpha value is -0.450. The zero-order chi connectivity index (χ0) is 8.97. The van der Waals surface area contributed by atoms with E-state index in [1.54, 1.807) is 0 Å². The minimum atomic E-state index is 0.725. The number of hydrogen-bond donors (Lipinski definition) is 0. The lowest BCUT2D eigenvalue weighted by molar-refractivity contribution is 1.02. The van der Waals surface area contributed by atoms with Gasteiger partial charge in [-0.2, -0.15) is 0 Å². The van der Waals surface area contributed by atoms with Gasteiger partial charge in [-0.15, -0.1) is 12.3 Å². The molecule has 0 nitrogen and oxygen atoms in total. The minimum Gasteiger partial charge on any atom is -0.120 e. The molecular weight excluding hydrogens is 235 g/mol. The van der Waals surface area contributed by atoms with E-state index in [2.05, 4.69) is 21.9 Å². The number of benzene rings is 1. The number of rotatable bonds is 2. The van der Waals surface area contributed by atoms with Gasteiger partial charge < -0.3 is 0 Å². The van der Waals surface area contributed by atoms with Crippen LogP contribution >= 0.6 is 27.5 Å². The average Bonchev–Trinajstić information content (AvgIpc) is 2.04. The molecule has 0 radical (unpaired) electrons. The first-order chi connectivity index (χ1) is 5.75. The van der Waals surface area contributed by atoms with Crippen LogP contribution in [0.15, 0.2) is 22.7 Å². The van der Waals surface area contributed by atoms with Gasteiger partial charge in [0.05, 0.1) is 0 Å². The molecule has 0 aliphatic heterocycles. The highest BCUT2D eigenvalue weighted by Gasteiger charge is 2.02. The lowest BCUT2D eigenvalue weighted by Gasteiger charge is -2.03. The molecule has 1 aromatic carbocycles. The van der Waals surface area contributed by atoms with Crippen LogP contribution in [-0.4, -0.2) is 0 Å². The summed E-state index contributed by atoms with van der Waals surface area (Å²) in [5.41, 5.74) is 1.09. The van der Waals surface area contributed by atoms with Gasteiger partial charge in [0.25, 0.3) is 0 Å². The van der Waals surface area contributed by atoms with Gasteiger partial charge >= 0.3 is 0 Å². The molecule has 1 rings (SSSR count). The van der Waals surface area contributed by atoms with E-state index >= 15 is 0 Å². The zero-order valence-electron chi connectivity index (χ0n) is 6.48. The smallest absolute Gasteiger partial charge is 0.0449 e. The van der Waals surface area contributed by atoms with Crippen molar-refractivity contribution in [3.8, 4) is 12.3 Å². The Bertz CT molecular complexity index is 292. The average molecular weight is 244 g/mol. The molecule has 0 spiro atoms. The van der Waals surface area contributed by atoms with Crippen molar-refractivity contribution in [3.63, 3.8) is 0 Å². The first-order valence-corrected chi connectivity index (χ1v) is 4.79. The van der Waals surface area contributed by atoms with Crippen LogP contribution in [0.3, 0.4) is 0 Å². The highest BCUT2D eigenvalue weighted by atomic mass is 79.9.